The standard InChI is InChI=1S/C29H33FN4O4/c1-2-24-18-33(26(27(31)35)17-20-7-10-21-5-3-4-6-22(21)15-20)13-14-34(24)28(36)25(32-29(37)38)16-19-8-11-23(30)12-9-19/h3-12,15,24-26,32H,2,13-14,16-18H2,1H3,(H2,31,35)(H,37,38). The highest BCUT2D eigenvalue weighted by molar-refractivity contribution is 5.86. The van der Waals surface area contributed by atoms with Gasteiger partial charge in [0.15, 0.2) is 0 Å². The number of nitrogens with zero attached hydrogens (tertiary/aromatic N) is 2. The molecule has 3 aromatic carbocycles. The van der Waals surface area contributed by atoms with Crippen molar-refractivity contribution in [3.8, 4) is 0 Å². The van der Waals surface area contributed by atoms with Crippen molar-refractivity contribution >= 4 is 28.7 Å². The zero-order valence-electron chi connectivity index (χ0n) is 21.3. The molecule has 1 fully saturated rings. The van der Waals surface area contributed by atoms with Crippen LogP contribution in [0, 0.1) is 5.82 Å². The lowest BCUT2D eigenvalue weighted by atomic mass is 9.98. The highest BCUT2D eigenvalue weighted by atomic mass is 19.1. The van der Waals surface area contributed by atoms with Crippen LogP contribution in [-0.2, 0) is 22.4 Å². The summed E-state index contributed by atoms with van der Waals surface area (Å²) >= 11 is 0. The Morgan fingerprint density at radius 3 is 2.34 bits per heavy atom. The van der Waals surface area contributed by atoms with Crippen LogP contribution < -0.4 is 11.1 Å². The quantitative estimate of drug-likeness (QED) is 0.401. The van der Waals surface area contributed by atoms with Crippen LogP contribution in [0.3, 0.4) is 0 Å². The first kappa shape index (κ1) is 27.1. The molecule has 0 spiro atoms. The number of carbonyl (C=O) groups is 3. The summed E-state index contributed by atoms with van der Waals surface area (Å²) in [7, 11) is 0. The first-order valence-electron chi connectivity index (χ1n) is 12.8. The Hall–Kier alpha value is -3.98. The van der Waals surface area contributed by atoms with Crippen LogP contribution in [0.15, 0.2) is 66.7 Å². The third-order valence-corrected chi connectivity index (χ3v) is 7.23. The Balaban J connectivity index is 1.48. The minimum Gasteiger partial charge on any atom is -0.465 e. The second-order valence-corrected chi connectivity index (χ2v) is 9.73. The van der Waals surface area contributed by atoms with E-state index in [1.165, 1.54) is 12.1 Å². The SMILES string of the molecule is CCC1CN(C(Cc2ccc3ccccc3c2)C(N)=O)CCN1C(=O)C(Cc1ccc(F)cc1)NC(=O)O. The second-order valence-electron chi connectivity index (χ2n) is 9.73. The summed E-state index contributed by atoms with van der Waals surface area (Å²) in [4.78, 5) is 41.2. The number of hydrogen-bond acceptors (Lipinski definition) is 4. The Kier molecular flexibility index (Phi) is 8.58. The number of rotatable bonds is 9. The second kappa shape index (κ2) is 12.0. The van der Waals surface area contributed by atoms with Gasteiger partial charge < -0.3 is 21.1 Å². The lowest BCUT2D eigenvalue weighted by Gasteiger charge is -2.44. The van der Waals surface area contributed by atoms with Gasteiger partial charge in [0.2, 0.25) is 11.8 Å². The van der Waals surface area contributed by atoms with E-state index >= 15 is 0 Å². The molecule has 9 heteroatoms. The van der Waals surface area contributed by atoms with Crippen LogP contribution in [0.2, 0.25) is 0 Å². The van der Waals surface area contributed by atoms with Gasteiger partial charge in [-0.2, -0.15) is 0 Å². The highest BCUT2D eigenvalue weighted by Crippen LogP contribution is 2.22. The summed E-state index contributed by atoms with van der Waals surface area (Å²) in [6.07, 6.45) is -0.118. The molecule has 0 saturated carbocycles. The van der Waals surface area contributed by atoms with E-state index in [-0.39, 0.29) is 18.4 Å². The van der Waals surface area contributed by atoms with Crippen LogP contribution in [0.1, 0.15) is 24.5 Å². The van der Waals surface area contributed by atoms with Crippen LogP contribution in [0.5, 0.6) is 0 Å². The summed E-state index contributed by atoms with van der Waals surface area (Å²) in [5, 5.41) is 13.9. The average Bonchev–Trinajstić information content (AvgIpc) is 2.91. The van der Waals surface area contributed by atoms with E-state index in [9.17, 15) is 23.9 Å². The largest absolute Gasteiger partial charge is 0.465 e. The molecule has 200 valence electrons. The Morgan fingerprint density at radius 2 is 1.68 bits per heavy atom. The fourth-order valence-electron chi connectivity index (χ4n) is 5.21. The van der Waals surface area contributed by atoms with Crippen molar-refractivity contribution in [2.75, 3.05) is 19.6 Å². The number of piperazine rings is 1. The van der Waals surface area contributed by atoms with Gasteiger partial charge in [-0.1, -0.05) is 61.5 Å². The molecule has 3 amide bonds. The number of nitrogens with two attached hydrogens (primary N) is 1. The van der Waals surface area contributed by atoms with Crippen LogP contribution in [0.4, 0.5) is 9.18 Å². The summed E-state index contributed by atoms with van der Waals surface area (Å²) in [5.41, 5.74) is 7.50. The molecule has 4 N–H and O–H groups in total. The summed E-state index contributed by atoms with van der Waals surface area (Å²) in [6.45, 7) is 3.16. The van der Waals surface area contributed by atoms with Gasteiger partial charge in [-0.3, -0.25) is 14.5 Å². The zero-order valence-corrected chi connectivity index (χ0v) is 21.3. The molecule has 4 rings (SSSR count). The monoisotopic (exact) mass is 520 g/mol. The fraction of sp³-hybridized carbons (Fsp3) is 0.345. The number of amides is 3. The van der Waals surface area contributed by atoms with Gasteiger partial charge in [-0.15, -0.1) is 0 Å². The number of halogens is 1. The van der Waals surface area contributed by atoms with E-state index in [1.54, 1.807) is 17.0 Å². The van der Waals surface area contributed by atoms with Gasteiger partial charge in [0.05, 0.1) is 6.04 Å². The molecule has 3 aromatic rings. The lowest BCUT2D eigenvalue weighted by molar-refractivity contribution is -0.139. The molecule has 1 aliphatic heterocycles. The van der Waals surface area contributed by atoms with E-state index in [1.807, 2.05) is 48.2 Å². The smallest absolute Gasteiger partial charge is 0.405 e. The van der Waals surface area contributed by atoms with Gasteiger partial charge in [0.25, 0.3) is 0 Å². The molecule has 0 bridgehead atoms. The molecule has 0 aromatic heterocycles. The van der Waals surface area contributed by atoms with E-state index in [2.05, 4.69) is 11.4 Å². The highest BCUT2D eigenvalue weighted by Gasteiger charge is 2.37. The van der Waals surface area contributed by atoms with E-state index in [4.69, 9.17) is 5.73 Å². The number of fused-ring (bicyclic) bond motifs is 1. The van der Waals surface area contributed by atoms with E-state index in [0.29, 0.717) is 38.0 Å². The first-order chi connectivity index (χ1) is 18.2. The first-order valence-corrected chi connectivity index (χ1v) is 12.8. The van der Waals surface area contributed by atoms with Crippen LogP contribution >= 0.6 is 0 Å². The van der Waals surface area contributed by atoms with Gasteiger partial charge in [0, 0.05) is 32.1 Å². The maximum Gasteiger partial charge on any atom is 0.405 e. The predicted molar refractivity (Wildman–Crippen MR) is 143 cm³/mol. The predicted octanol–water partition coefficient (Wildman–Crippen LogP) is 3.18. The number of carbonyl (C=O) groups excluding carboxylic acids is 2. The number of nitrogens with one attached hydrogen (secondary N) is 1. The summed E-state index contributed by atoms with van der Waals surface area (Å²) < 4.78 is 13.3. The number of benzene rings is 3. The molecule has 3 atom stereocenters. The lowest BCUT2D eigenvalue weighted by Crippen LogP contribution is -2.62. The molecule has 8 nitrogen and oxygen atoms in total. The van der Waals surface area contributed by atoms with E-state index < -0.39 is 29.9 Å². The molecule has 3 unspecified atom stereocenters. The summed E-state index contributed by atoms with van der Waals surface area (Å²) in [6, 6.07) is 18.0. The van der Waals surface area contributed by atoms with Gasteiger partial charge >= 0.3 is 6.09 Å². The third-order valence-electron chi connectivity index (χ3n) is 7.23. The van der Waals surface area contributed by atoms with Crippen molar-refractivity contribution < 1.29 is 23.9 Å². The molecular formula is C29H33FN4O4. The molecule has 0 aliphatic carbocycles. The Bertz CT molecular complexity index is 1300. The molecule has 1 saturated heterocycles. The van der Waals surface area contributed by atoms with Crippen molar-refractivity contribution in [2.45, 2.75) is 44.3 Å². The minimum absolute atomic E-state index is 0.105. The number of carboxylic acid groups (broad SMARTS) is 1. The topological polar surface area (TPSA) is 116 Å². The maximum absolute atomic E-state index is 13.5. The molecule has 0 radical (unpaired) electrons. The normalized spacial score (nSPS) is 17.6. The van der Waals surface area contributed by atoms with Crippen molar-refractivity contribution in [1.29, 1.82) is 0 Å². The molecule has 1 heterocycles. The van der Waals surface area contributed by atoms with Crippen molar-refractivity contribution in [3.05, 3.63) is 83.7 Å². The maximum atomic E-state index is 13.5. The van der Waals surface area contributed by atoms with E-state index in [0.717, 1.165) is 16.3 Å². The van der Waals surface area contributed by atoms with Gasteiger partial charge in [-0.05, 0) is 46.9 Å². The van der Waals surface area contributed by atoms with Crippen LogP contribution in [0.25, 0.3) is 10.8 Å². The van der Waals surface area contributed by atoms with Gasteiger partial charge in [0.1, 0.15) is 11.9 Å². The Morgan fingerprint density at radius 1 is 1.00 bits per heavy atom. The number of hydrogen-bond donors (Lipinski definition) is 3. The Labute approximate surface area is 221 Å². The fourth-order valence-corrected chi connectivity index (χ4v) is 5.21. The molecule has 1 aliphatic rings. The van der Waals surface area contributed by atoms with Crippen molar-refractivity contribution in [3.63, 3.8) is 0 Å². The average molecular weight is 521 g/mol. The molecular weight excluding hydrogens is 487 g/mol. The van der Waals surface area contributed by atoms with Crippen molar-refractivity contribution in [2.24, 2.45) is 5.73 Å². The number of primary amides is 1. The minimum atomic E-state index is -1.30. The third kappa shape index (κ3) is 6.47. The summed E-state index contributed by atoms with van der Waals surface area (Å²) in [5.74, 6) is -1.17. The van der Waals surface area contributed by atoms with Gasteiger partial charge in [-0.25, -0.2) is 9.18 Å². The van der Waals surface area contributed by atoms with Crippen molar-refractivity contribution in [1.82, 2.24) is 15.1 Å². The molecule has 38 heavy (non-hydrogen) atoms. The van der Waals surface area contributed by atoms with Crippen LogP contribution in [-0.4, -0.2) is 70.6 Å². The zero-order chi connectivity index (χ0) is 27.2.